The van der Waals surface area contributed by atoms with Gasteiger partial charge in [-0.1, -0.05) is 13.0 Å². The maximum absolute atomic E-state index is 15.0. The average molecular weight is 564 g/mol. The highest BCUT2D eigenvalue weighted by Gasteiger charge is 2.33. The third-order valence-corrected chi connectivity index (χ3v) is 7.31. The molecule has 0 amide bonds. The van der Waals surface area contributed by atoms with Gasteiger partial charge in [-0.15, -0.1) is 0 Å². The molecule has 0 bridgehead atoms. The van der Waals surface area contributed by atoms with Crippen LogP contribution in [-0.2, 0) is 16.1 Å². The largest absolute Gasteiger partial charge is 0.372 e. The van der Waals surface area contributed by atoms with Crippen molar-refractivity contribution in [3.8, 4) is 11.3 Å². The van der Waals surface area contributed by atoms with Gasteiger partial charge in [0.2, 0.25) is 5.95 Å². The molecule has 1 aliphatic heterocycles. The van der Waals surface area contributed by atoms with Crippen LogP contribution in [-0.4, -0.2) is 60.5 Å². The van der Waals surface area contributed by atoms with Gasteiger partial charge < -0.3 is 14.6 Å². The topological polar surface area (TPSA) is 98.1 Å². The molecule has 9 nitrogen and oxygen atoms in total. The van der Waals surface area contributed by atoms with E-state index in [1.54, 1.807) is 18.3 Å². The number of hydrogen-bond donors (Lipinski definition) is 1. The molecule has 0 spiro atoms. The van der Waals surface area contributed by atoms with Gasteiger partial charge in [-0.2, -0.15) is 0 Å². The molecule has 1 saturated heterocycles. The highest BCUT2D eigenvalue weighted by molar-refractivity contribution is 5.83. The van der Waals surface area contributed by atoms with Gasteiger partial charge in [-0.05, 0) is 51.5 Å². The molecule has 1 atom stereocenters. The second kappa shape index (κ2) is 11.6. The number of pyridine rings is 1. The van der Waals surface area contributed by atoms with E-state index in [2.05, 4.69) is 30.2 Å². The summed E-state index contributed by atoms with van der Waals surface area (Å²) < 4.78 is 37.7. The fourth-order valence-corrected chi connectivity index (χ4v) is 5.45. The third-order valence-electron chi connectivity index (χ3n) is 7.31. The Hall–Kier alpha value is -3.83. The van der Waals surface area contributed by atoms with Gasteiger partial charge in [0.05, 0.1) is 23.9 Å². The van der Waals surface area contributed by atoms with Crippen LogP contribution >= 0.6 is 0 Å². The number of ether oxygens (including phenoxy) is 1. The molecule has 11 heteroatoms. The van der Waals surface area contributed by atoms with E-state index in [9.17, 15) is 13.6 Å². The van der Waals surface area contributed by atoms with Crippen LogP contribution in [0.5, 0.6) is 0 Å². The van der Waals surface area contributed by atoms with Crippen LogP contribution in [0.2, 0.25) is 0 Å². The molecule has 0 radical (unpaired) electrons. The van der Waals surface area contributed by atoms with E-state index in [0.717, 1.165) is 18.3 Å². The van der Waals surface area contributed by atoms with Crippen LogP contribution in [0.1, 0.15) is 58.0 Å². The lowest BCUT2D eigenvalue weighted by molar-refractivity contribution is -0.135. The number of benzene rings is 1. The Morgan fingerprint density at radius 1 is 1.15 bits per heavy atom. The third kappa shape index (κ3) is 6.25. The zero-order valence-electron chi connectivity index (χ0n) is 24.0. The highest BCUT2D eigenvalue weighted by Crippen LogP contribution is 2.30. The van der Waals surface area contributed by atoms with E-state index in [1.807, 2.05) is 45.3 Å². The summed E-state index contributed by atoms with van der Waals surface area (Å²) in [6.45, 7) is 12.3. The van der Waals surface area contributed by atoms with Crippen molar-refractivity contribution in [2.75, 3.05) is 25.0 Å². The molecule has 216 valence electrons. The predicted molar refractivity (Wildman–Crippen MR) is 153 cm³/mol. The summed E-state index contributed by atoms with van der Waals surface area (Å²) in [6.07, 6.45) is 3.73. The standard InChI is InChI=1S/C30H35F2N7O2/c1-6-22(40)13-30(5)17-38(9-10-41-30)16-20-7-8-26(33-14-20)36-29-34-15-24(32)27(37-29)21-11-23(31)28-25(12-21)39(18(2)3)19(4)35-28/h7-8,11-12,14-15,18H,6,9-10,13,16-17H2,1-5H3,(H,33,34,36,37)/t30-/m1/s1. The number of anilines is 2. The van der Waals surface area contributed by atoms with Crippen molar-refractivity contribution in [3.63, 3.8) is 0 Å². The first kappa shape index (κ1) is 28.7. The molecule has 1 aromatic carbocycles. The molecule has 5 rings (SSSR count). The Balaban J connectivity index is 1.31. The number of nitrogens with zero attached hydrogens (tertiary/aromatic N) is 6. The number of hydrogen-bond acceptors (Lipinski definition) is 8. The van der Waals surface area contributed by atoms with Crippen molar-refractivity contribution in [3.05, 3.63) is 59.7 Å². The summed E-state index contributed by atoms with van der Waals surface area (Å²) in [7, 11) is 0. The molecule has 1 N–H and O–H groups in total. The molecule has 0 unspecified atom stereocenters. The Labute approximate surface area is 238 Å². The van der Waals surface area contributed by atoms with E-state index in [-0.39, 0.29) is 29.0 Å². The first-order valence-corrected chi connectivity index (χ1v) is 13.9. The molecule has 4 heterocycles. The highest BCUT2D eigenvalue weighted by atomic mass is 19.1. The van der Waals surface area contributed by atoms with Gasteiger partial charge in [0.25, 0.3) is 0 Å². The van der Waals surface area contributed by atoms with Crippen LogP contribution in [0.25, 0.3) is 22.3 Å². The quantitative estimate of drug-likeness (QED) is 0.275. The minimum atomic E-state index is -0.664. The van der Waals surface area contributed by atoms with E-state index < -0.39 is 17.2 Å². The lowest BCUT2D eigenvalue weighted by Gasteiger charge is -2.40. The number of rotatable bonds is 9. The second-order valence-corrected chi connectivity index (χ2v) is 11.1. The molecular formula is C30H35F2N7O2. The maximum Gasteiger partial charge on any atom is 0.229 e. The fraction of sp³-hybridized carbons (Fsp3) is 0.433. The van der Waals surface area contributed by atoms with Gasteiger partial charge >= 0.3 is 0 Å². The number of imidazole rings is 1. The van der Waals surface area contributed by atoms with Crippen molar-refractivity contribution >= 4 is 28.6 Å². The van der Waals surface area contributed by atoms with E-state index in [1.165, 1.54) is 6.07 Å². The molecule has 0 aliphatic carbocycles. The number of fused-ring (bicyclic) bond motifs is 1. The number of nitrogens with one attached hydrogen (secondary N) is 1. The van der Waals surface area contributed by atoms with Crippen LogP contribution in [0.3, 0.4) is 0 Å². The van der Waals surface area contributed by atoms with Crippen molar-refractivity contribution in [2.24, 2.45) is 0 Å². The number of ketones is 1. The summed E-state index contributed by atoms with van der Waals surface area (Å²) in [5.74, 6) is 0.299. The molecule has 4 aromatic rings. The smallest absolute Gasteiger partial charge is 0.229 e. The number of Topliss-reactive ketones (excluding diaryl/α,β-unsaturated/α-hetero) is 1. The summed E-state index contributed by atoms with van der Waals surface area (Å²) in [4.78, 5) is 31.5. The molecule has 3 aromatic heterocycles. The number of aromatic nitrogens is 5. The molecular weight excluding hydrogens is 528 g/mol. The summed E-state index contributed by atoms with van der Waals surface area (Å²) in [5, 5.41) is 3.02. The van der Waals surface area contributed by atoms with Crippen molar-refractivity contribution in [2.45, 2.75) is 65.6 Å². The first-order valence-electron chi connectivity index (χ1n) is 13.9. The normalized spacial score (nSPS) is 17.9. The number of morpholine rings is 1. The van der Waals surface area contributed by atoms with Gasteiger partial charge in [0, 0.05) is 50.3 Å². The lowest BCUT2D eigenvalue weighted by Crippen LogP contribution is -2.50. The van der Waals surface area contributed by atoms with Gasteiger partial charge in [-0.25, -0.2) is 28.7 Å². The van der Waals surface area contributed by atoms with Crippen LogP contribution in [0.4, 0.5) is 20.5 Å². The fourth-order valence-electron chi connectivity index (χ4n) is 5.45. The van der Waals surface area contributed by atoms with E-state index in [0.29, 0.717) is 55.3 Å². The molecule has 41 heavy (non-hydrogen) atoms. The van der Waals surface area contributed by atoms with E-state index in [4.69, 9.17) is 4.74 Å². The SMILES string of the molecule is CCC(=O)C[C@]1(C)CN(Cc2ccc(Nc3ncc(F)c(-c4cc(F)c5nc(C)n(C(C)C)c5c4)n3)nc2)CCO1. The monoisotopic (exact) mass is 563 g/mol. The second-order valence-electron chi connectivity index (χ2n) is 11.1. The van der Waals surface area contributed by atoms with Gasteiger partial charge in [0.15, 0.2) is 11.6 Å². The zero-order valence-corrected chi connectivity index (χ0v) is 24.0. The number of halogens is 2. The van der Waals surface area contributed by atoms with Crippen molar-refractivity contribution < 1.29 is 18.3 Å². The van der Waals surface area contributed by atoms with Gasteiger partial charge in [0.1, 0.15) is 28.6 Å². The molecule has 1 fully saturated rings. The minimum absolute atomic E-state index is 0.0222. The summed E-state index contributed by atoms with van der Waals surface area (Å²) in [5.41, 5.74) is 1.61. The molecule has 1 aliphatic rings. The maximum atomic E-state index is 15.0. The first-order chi connectivity index (χ1) is 19.5. The Bertz CT molecular complexity index is 1570. The summed E-state index contributed by atoms with van der Waals surface area (Å²) in [6, 6.07) is 6.75. The average Bonchev–Trinajstić information content (AvgIpc) is 3.27. The lowest BCUT2D eigenvalue weighted by atomic mass is 9.95. The predicted octanol–water partition coefficient (Wildman–Crippen LogP) is 5.76. The van der Waals surface area contributed by atoms with Crippen LogP contribution in [0, 0.1) is 18.6 Å². The number of carbonyl (C=O) groups is 1. The van der Waals surface area contributed by atoms with Crippen LogP contribution in [0.15, 0.2) is 36.7 Å². The Kier molecular flexibility index (Phi) is 8.10. The number of carbonyl (C=O) groups excluding carboxylic acids is 1. The molecule has 0 saturated carbocycles. The minimum Gasteiger partial charge on any atom is -0.372 e. The van der Waals surface area contributed by atoms with Crippen LogP contribution < -0.4 is 5.32 Å². The summed E-state index contributed by atoms with van der Waals surface area (Å²) >= 11 is 0. The Morgan fingerprint density at radius 2 is 1.95 bits per heavy atom. The van der Waals surface area contributed by atoms with Crippen molar-refractivity contribution in [1.82, 2.24) is 29.4 Å². The van der Waals surface area contributed by atoms with Gasteiger partial charge in [-0.3, -0.25) is 9.69 Å². The Morgan fingerprint density at radius 3 is 2.66 bits per heavy atom. The van der Waals surface area contributed by atoms with E-state index >= 15 is 0 Å². The number of aryl methyl sites for hydroxylation is 1. The zero-order chi connectivity index (χ0) is 29.3. The van der Waals surface area contributed by atoms with Crippen molar-refractivity contribution in [1.29, 1.82) is 0 Å².